The first-order valence-electron chi connectivity index (χ1n) is 7.99. The largest absolute Gasteiger partial charge is 0.324 e. The van der Waals surface area contributed by atoms with Crippen molar-refractivity contribution in [2.75, 3.05) is 0 Å². The molecule has 2 aromatic carbocycles. The lowest BCUT2D eigenvalue weighted by Gasteiger charge is -2.24. The van der Waals surface area contributed by atoms with Gasteiger partial charge in [-0.15, -0.1) is 0 Å². The predicted molar refractivity (Wildman–Crippen MR) is 89.1 cm³/mol. The predicted octanol–water partition coefficient (Wildman–Crippen LogP) is 4.32. The maximum absolute atomic E-state index is 4.45. The fraction of sp³-hybridized carbons (Fsp3) is 0.250. The van der Waals surface area contributed by atoms with Gasteiger partial charge in [-0.3, -0.25) is 0 Å². The van der Waals surface area contributed by atoms with Crippen molar-refractivity contribution in [3.8, 4) is 0 Å². The third kappa shape index (κ3) is 2.16. The Bertz CT molecular complexity index is 786. The van der Waals surface area contributed by atoms with Crippen LogP contribution in [0.3, 0.4) is 0 Å². The molecular formula is C20H20N2. The van der Waals surface area contributed by atoms with Crippen LogP contribution in [0, 0.1) is 6.92 Å². The van der Waals surface area contributed by atoms with Crippen LogP contribution in [0.4, 0.5) is 0 Å². The first kappa shape index (κ1) is 13.3. The van der Waals surface area contributed by atoms with Gasteiger partial charge in [0.05, 0.1) is 6.04 Å². The van der Waals surface area contributed by atoms with Gasteiger partial charge in [0.1, 0.15) is 5.82 Å². The van der Waals surface area contributed by atoms with Crippen molar-refractivity contribution >= 4 is 0 Å². The summed E-state index contributed by atoms with van der Waals surface area (Å²) in [6, 6.07) is 17.8. The summed E-state index contributed by atoms with van der Waals surface area (Å²) in [5, 5.41) is 0. The van der Waals surface area contributed by atoms with Crippen LogP contribution in [-0.4, -0.2) is 9.55 Å². The third-order valence-electron chi connectivity index (χ3n) is 4.73. The first-order valence-corrected chi connectivity index (χ1v) is 7.99. The fourth-order valence-electron chi connectivity index (χ4n) is 3.69. The lowest BCUT2D eigenvalue weighted by atomic mass is 9.92. The summed E-state index contributed by atoms with van der Waals surface area (Å²) in [5.74, 6) is 1.06. The van der Waals surface area contributed by atoms with E-state index in [9.17, 15) is 0 Å². The first-order chi connectivity index (χ1) is 10.8. The Labute approximate surface area is 131 Å². The van der Waals surface area contributed by atoms with Gasteiger partial charge >= 0.3 is 0 Å². The van der Waals surface area contributed by atoms with E-state index in [1.165, 1.54) is 36.0 Å². The number of hydrogen-bond acceptors (Lipinski definition) is 1. The minimum atomic E-state index is 0.219. The Balaban J connectivity index is 1.93. The summed E-state index contributed by atoms with van der Waals surface area (Å²) < 4.78 is 2.29. The summed E-state index contributed by atoms with van der Waals surface area (Å²) in [4.78, 5) is 4.45. The molecule has 1 aromatic heterocycles. The zero-order valence-corrected chi connectivity index (χ0v) is 12.9. The standard InChI is InChI=1S/C20H20N2/c1-15-21-13-14-22(15)20(17-7-3-2-4-8-17)19-12-6-10-16-9-5-11-18(16)19/h2-4,6-8,10,12-14,20H,5,9,11H2,1H3. The maximum atomic E-state index is 4.45. The van der Waals surface area contributed by atoms with Crippen molar-refractivity contribution < 1.29 is 0 Å². The van der Waals surface area contributed by atoms with Crippen molar-refractivity contribution in [3.63, 3.8) is 0 Å². The van der Waals surface area contributed by atoms with Crippen molar-refractivity contribution in [3.05, 3.63) is 89.0 Å². The molecule has 0 N–H and O–H groups in total. The zero-order valence-electron chi connectivity index (χ0n) is 12.9. The molecule has 3 aromatic rings. The Morgan fingerprint density at radius 3 is 2.64 bits per heavy atom. The average molecular weight is 288 g/mol. The fourth-order valence-corrected chi connectivity index (χ4v) is 3.69. The molecule has 0 aliphatic heterocycles. The Morgan fingerprint density at radius 1 is 1.00 bits per heavy atom. The van der Waals surface area contributed by atoms with Crippen molar-refractivity contribution in [2.24, 2.45) is 0 Å². The number of hydrogen-bond donors (Lipinski definition) is 0. The normalized spacial score (nSPS) is 14.8. The number of nitrogens with zero attached hydrogens (tertiary/aromatic N) is 2. The van der Waals surface area contributed by atoms with Crippen molar-refractivity contribution in [1.29, 1.82) is 0 Å². The minimum absolute atomic E-state index is 0.219. The van der Waals surface area contributed by atoms with E-state index in [4.69, 9.17) is 0 Å². The Morgan fingerprint density at radius 2 is 1.86 bits per heavy atom. The number of benzene rings is 2. The van der Waals surface area contributed by atoms with E-state index in [0.717, 1.165) is 5.82 Å². The van der Waals surface area contributed by atoms with E-state index >= 15 is 0 Å². The van der Waals surface area contributed by atoms with Crippen LogP contribution >= 0.6 is 0 Å². The van der Waals surface area contributed by atoms with E-state index in [2.05, 4.69) is 71.2 Å². The number of imidazole rings is 1. The second kappa shape index (κ2) is 5.45. The number of aryl methyl sites for hydroxylation is 2. The number of fused-ring (bicyclic) bond motifs is 1. The van der Waals surface area contributed by atoms with Gasteiger partial charge in [0.15, 0.2) is 0 Å². The van der Waals surface area contributed by atoms with Gasteiger partial charge in [-0.25, -0.2) is 4.98 Å². The van der Waals surface area contributed by atoms with Gasteiger partial charge in [-0.2, -0.15) is 0 Å². The average Bonchev–Trinajstić information content (AvgIpc) is 3.19. The molecule has 4 rings (SSSR count). The van der Waals surface area contributed by atoms with Crippen LogP contribution in [-0.2, 0) is 12.8 Å². The molecule has 110 valence electrons. The number of aromatic nitrogens is 2. The highest BCUT2D eigenvalue weighted by molar-refractivity contribution is 5.44. The SMILES string of the molecule is Cc1nccn1C(c1ccccc1)c1cccc2c1CCC2. The second-order valence-corrected chi connectivity index (χ2v) is 6.03. The van der Waals surface area contributed by atoms with Crippen LogP contribution < -0.4 is 0 Å². The topological polar surface area (TPSA) is 17.8 Å². The molecule has 2 nitrogen and oxygen atoms in total. The van der Waals surface area contributed by atoms with E-state index < -0.39 is 0 Å². The van der Waals surface area contributed by atoms with E-state index in [1.807, 2.05) is 6.20 Å². The van der Waals surface area contributed by atoms with Gasteiger partial charge in [0, 0.05) is 12.4 Å². The van der Waals surface area contributed by atoms with Crippen LogP contribution in [0.25, 0.3) is 0 Å². The van der Waals surface area contributed by atoms with Crippen LogP contribution in [0.1, 0.15) is 40.5 Å². The molecule has 0 saturated heterocycles. The minimum Gasteiger partial charge on any atom is -0.324 e. The lowest BCUT2D eigenvalue weighted by Crippen LogP contribution is -2.15. The van der Waals surface area contributed by atoms with Gasteiger partial charge in [0.2, 0.25) is 0 Å². The quantitative estimate of drug-likeness (QED) is 0.702. The molecule has 1 unspecified atom stereocenters. The molecule has 0 spiro atoms. The monoisotopic (exact) mass is 288 g/mol. The molecule has 2 heteroatoms. The third-order valence-corrected chi connectivity index (χ3v) is 4.73. The van der Waals surface area contributed by atoms with Gasteiger partial charge in [-0.1, -0.05) is 48.5 Å². The molecule has 1 aliphatic carbocycles. The highest BCUT2D eigenvalue weighted by atomic mass is 15.1. The molecule has 1 atom stereocenters. The van der Waals surface area contributed by atoms with Crippen LogP contribution in [0.2, 0.25) is 0 Å². The summed E-state index contributed by atoms with van der Waals surface area (Å²) >= 11 is 0. The smallest absolute Gasteiger partial charge is 0.106 e. The molecule has 0 bridgehead atoms. The number of rotatable bonds is 3. The van der Waals surface area contributed by atoms with Crippen molar-refractivity contribution in [1.82, 2.24) is 9.55 Å². The van der Waals surface area contributed by atoms with Crippen LogP contribution in [0.5, 0.6) is 0 Å². The second-order valence-electron chi connectivity index (χ2n) is 6.03. The summed E-state index contributed by atoms with van der Waals surface area (Å²) in [5.41, 5.74) is 5.83. The summed E-state index contributed by atoms with van der Waals surface area (Å²) in [7, 11) is 0. The van der Waals surface area contributed by atoms with Gasteiger partial charge < -0.3 is 4.57 Å². The lowest BCUT2D eigenvalue weighted by molar-refractivity contribution is 0.648. The molecule has 0 saturated carbocycles. The molecule has 0 amide bonds. The molecule has 22 heavy (non-hydrogen) atoms. The van der Waals surface area contributed by atoms with Crippen LogP contribution in [0.15, 0.2) is 60.9 Å². The molecule has 0 radical (unpaired) electrons. The molecular weight excluding hydrogens is 268 g/mol. The highest BCUT2D eigenvalue weighted by Gasteiger charge is 2.23. The Hall–Kier alpha value is -2.35. The highest BCUT2D eigenvalue weighted by Crippen LogP contribution is 2.35. The van der Waals surface area contributed by atoms with Crippen molar-refractivity contribution in [2.45, 2.75) is 32.2 Å². The zero-order chi connectivity index (χ0) is 14.9. The summed E-state index contributed by atoms with van der Waals surface area (Å²) in [6.45, 7) is 2.08. The summed E-state index contributed by atoms with van der Waals surface area (Å²) in [6.07, 6.45) is 7.68. The van der Waals surface area contributed by atoms with E-state index in [-0.39, 0.29) is 6.04 Å². The Kier molecular flexibility index (Phi) is 3.30. The molecule has 0 fully saturated rings. The molecule has 1 heterocycles. The van der Waals surface area contributed by atoms with Gasteiger partial charge in [0.25, 0.3) is 0 Å². The van der Waals surface area contributed by atoms with E-state index in [0.29, 0.717) is 0 Å². The van der Waals surface area contributed by atoms with E-state index in [1.54, 1.807) is 5.56 Å². The van der Waals surface area contributed by atoms with Gasteiger partial charge in [-0.05, 0) is 48.4 Å². The molecule has 1 aliphatic rings. The maximum Gasteiger partial charge on any atom is 0.106 e.